The van der Waals surface area contributed by atoms with Gasteiger partial charge in [-0.05, 0) is 17.7 Å². The minimum Gasteiger partial charge on any atom is -0.548 e. The molecule has 2 rings (SSSR count). The lowest BCUT2D eigenvalue weighted by molar-refractivity contribution is -0.308. The molecule has 0 bridgehead atoms. The van der Waals surface area contributed by atoms with Gasteiger partial charge in [0.05, 0.1) is 12.0 Å². The monoisotopic (exact) mass is 254 g/mol. The highest BCUT2D eigenvalue weighted by molar-refractivity contribution is 5.96. The van der Waals surface area contributed by atoms with Crippen LogP contribution in [0, 0.1) is 0 Å². The number of hydrogen-bond donors (Lipinski definition) is 1. The summed E-state index contributed by atoms with van der Waals surface area (Å²) in [7, 11) is 0. The molecule has 0 spiro atoms. The minimum absolute atomic E-state index is 0.407. The Balaban J connectivity index is 2.19. The molecule has 19 heavy (non-hydrogen) atoms. The number of carbonyl (C=O) groups is 2. The summed E-state index contributed by atoms with van der Waals surface area (Å²) >= 11 is 0. The first-order chi connectivity index (χ1) is 9.18. The summed E-state index contributed by atoms with van der Waals surface area (Å²) in [5, 5.41) is 13.6. The predicted octanol–water partition coefficient (Wildman–Crippen LogP) is 0.908. The first-order valence-electron chi connectivity index (χ1n) is 5.80. The van der Waals surface area contributed by atoms with Crippen molar-refractivity contribution in [2.24, 2.45) is 0 Å². The Morgan fingerprint density at radius 3 is 1.95 bits per heavy atom. The standard InChI is InChI=1S/C15H13NO3/c17-14(12-9-5-2-6-10-12)16-13(15(18)19)11-7-3-1-4-8-11/h1-10,13H,(H,16,17)(H,18,19)/p-1/t13-/m1/s1. The summed E-state index contributed by atoms with van der Waals surface area (Å²) in [5.41, 5.74) is 0.886. The van der Waals surface area contributed by atoms with Crippen molar-refractivity contribution in [2.75, 3.05) is 0 Å². The minimum atomic E-state index is -1.34. The molecule has 1 N–H and O–H groups in total. The summed E-state index contributed by atoms with van der Waals surface area (Å²) in [4.78, 5) is 23.1. The Labute approximate surface area is 110 Å². The topological polar surface area (TPSA) is 69.2 Å². The maximum atomic E-state index is 11.9. The van der Waals surface area contributed by atoms with E-state index < -0.39 is 17.9 Å². The highest BCUT2D eigenvalue weighted by Gasteiger charge is 2.16. The molecule has 1 atom stereocenters. The fourth-order valence-electron chi connectivity index (χ4n) is 1.73. The first-order valence-corrected chi connectivity index (χ1v) is 5.80. The van der Waals surface area contributed by atoms with Gasteiger partial charge in [-0.1, -0.05) is 48.5 Å². The zero-order valence-corrected chi connectivity index (χ0v) is 10.1. The van der Waals surface area contributed by atoms with Crippen molar-refractivity contribution in [3.8, 4) is 0 Å². The molecule has 0 saturated carbocycles. The molecule has 0 heterocycles. The van der Waals surface area contributed by atoms with Gasteiger partial charge in [0.2, 0.25) is 0 Å². The third-order valence-electron chi connectivity index (χ3n) is 2.68. The highest BCUT2D eigenvalue weighted by atomic mass is 16.4. The van der Waals surface area contributed by atoms with Crippen molar-refractivity contribution in [3.63, 3.8) is 0 Å². The number of benzene rings is 2. The summed E-state index contributed by atoms with van der Waals surface area (Å²) in [5.74, 6) is -1.78. The predicted molar refractivity (Wildman–Crippen MR) is 68.1 cm³/mol. The van der Waals surface area contributed by atoms with E-state index in [0.29, 0.717) is 11.1 Å². The molecule has 0 aliphatic rings. The molecule has 4 heteroatoms. The SMILES string of the molecule is O=C(N[C@@H](C(=O)[O-])c1ccccc1)c1ccccc1. The van der Waals surface area contributed by atoms with Crippen LogP contribution in [0.3, 0.4) is 0 Å². The molecular formula is C15H12NO3-. The number of nitrogens with one attached hydrogen (secondary N) is 1. The molecule has 2 aromatic carbocycles. The van der Waals surface area contributed by atoms with Gasteiger partial charge < -0.3 is 15.2 Å². The molecule has 0 fully saturated rings. The second-order valence-corrected chi connectivity index (χ2v) is 4.00. The van der Waals surface area contributed by atoms with E-state index in [2.05, 4.69) is 5.32 Å². The maximum absolute atomic E-state index is 11.9. The van der Waals surface area contributed by atoms with Crippen molar-refractivity contribution < 1.29 is 14.7 Å². The van der Waals surface area contributed by atoms with E-state index in [0.717, 1.165) is 0 Å². The average Bonchev–Trinajstić information content (AvgIpc) is 2.46. The third-order valence-corrected chi connectivity index (χ3v) is 2.68. The summed E-state index contributed by atoms with van der Waals surface area (Å²) in [6.45, 7) is 0. The molecule has 2 aromatic rings. The molecule has 0 aromatic heterocycles. The van der Waals surface area contributed by atoms with Crippen LogP contribution in [0.2, 0.25) is 0 Å². The number of amides is 1. The number of aliphatic carboxylic acids is 1. The van der Waals surface area contributed by atoms with E-state index in [-0.39, 0.29) is 0 Å². The molecule has 0 aliphatic heterocycles. The van der Waals surface area contributed by atoms with Crippen molar-refractivity contribution in [1.82, 2.24) is 5.32 Å². The highest BCUT2D eigenvalue weighted by Crippen LogP contribution is 2.12. The van der Waals surface area contributed by atoms with E-state index in [1.807, 2.05) is 0 Å². The van der Waals surface area contributed by atoms with Crippen molar-refractivity contribution in [3.05, 3.63) is 71.8 Å². The van der Waals surface area contributed by atoms with Crippen molar-refractivity contribution in [1.29, 1.82) is 0 Å². The third kappa shape index (κ3) is 3.19. The van der Waals surface area contributed by atoms with Gasteiger partial charge >= 0.3 is 0 Å². The Morgan fingerprint density at radius 1 is 0.895 bits per heavy atom. The van der Waals surface area contributed by atoms with Crippen LogP contribution in [-0.2, 0) is 4.79 Å². The Hall–Kier alpha value is -2.62. The molecule has 96 valence electrons. The summed E-state index contributed by atoms with van der Waals surface area (Å²) < 4.78 is 0. The molecule has 0 saturated heterocycles. The maximum Gasteiger partial charge on any atom is 0.252 e. The summed E-state index contributed by atoms with van der Waals surface area (Å²) in [6, 6.07) is 15.7. The van der Waals surface area contributed by atoms with Crippen LogP contribution in [0.15, 0.2) is 60.7 Å². The number of carboxylic acids is 1. The second kappa shape index (κ2) is 5.82. The van der Waals surface area contributed by atoms with Gasteiger partial charge in [-0.3, -0.25) is 4.79 Å². The van der Waals surface area contributed by atoms with E-state index in [1.54, 1.807) is 60.7 Å². The molecule has 0 aliphatic carbocycles. The zero-order chi connectivity index (χ0) is 13.7. The lowest BCUT2D eigenvalue weighted by Gasteiger charge is -2.20. The van der Waals surface area contributed by atoms with Crippen LogP contribution >= 0.6 is 0 Å². The zero-order valence-electron chi connectivity index (χ0n) is 10.1. The normalized spacial score (nSPS) is 11.6. The number of carbonyl (C=O) groups excluding carboxylic acids is 2. The summed E-state index contributed by atoms with van der Waals surface area (Å²) in [6.07, 6.45) is 0. The second-order valence-electron chi connectivity index (χ2n) is 4.00. The van der Waals surface area contributed by atoms with Crippen molar-refractivity contribution in [2.45, 2.75) is 6.04 Å². The van der Waals surface area contributed by atoms with Crippen LogP contribution in [0.25, 0.3) is 0 Å². The first kappa shape index (κ1) is 12.8. The van der Waals surface area contributed by atoms with E-state index in [4.69, 9.17) is 0 Å². The van der Waals surface area contributed by atoms with Gasteiger partial charge in [-0.15, -0.1) is 0 Å². The van der Waals surface area contributed by atoms with Crippen LogP contribution in [0.1, 0.15) is 22.0 Å². The van der Waals surface area contributed by atoms with Crippen LogP contribution in [0.5, 0.6) is 0 Å². The van der Waals surface area contributed by atoms with Crippen LogP contribution in [0.4, 0.5) is 0 Å². The van der Waals surface area contributed by atoms with Gasteiger partial charge in [0, 0.05) is 5.56 Å². The van der Waals surface area contributed by atoms with Gasteiger partial charge in [0.15, 0.2) is 0 Å². The number of hydrogen-bond acceptors (Lipinski definition) is 3. The van der Waals surface area contributed by atoms with Gasteiger partial charge in [0.25, 0.3) is 5.91 Å². The Morgan fingerprint density at radius 2 is 1.42 bits per heavy atom. The van der Waals surface area contributed by atoms with Crippen LogP contribution < -0.4 is 10.4 Å². The fraction of sp³-hybridized carbons (Fsp3) is 0.0667. The Kier molecular flexibility index (Phi) is 3.93. The number of rotatable bonds is 4. The molecule has 4 nitrogen and oxygen atoms in total. The lowest BCUT2D eigenvalue weighted by Crippen LogP contribution is -2.41. The molecule has 0 unspecified atom stereocenters. The van der Waals surface area contributed by atoms with Crippen LogP contribution in [-0.4, -0.2) is 11.9 Å². The van der Waals surface area contributed by atoms with Gasteiger partial charge in [-0.2, -0.15) is 0 Å². The lowest BCUT2D eigenvalue weighted by atomic mass is 10.1. The van der Waals surface area contributed by atoms with Crippen molar-refractivity contribution >= 4 is 11.9 Å². The quantitative estimate of drug-likeness (QED) is 0.881. The van der Waals surface area contributed by atoms with Gasteiger partial charge in [-0.25, -0.2) is 0 Å². The molecule has 0 radical (unpaired) electrons. The van der Waals surface area contributed by atoms with E-state index in [9.17, 15) is 14.7 Å². The largest absolute Gasteiger partial charge is 0.548 e. The van der Waals surface area contributed by atoms with Gasteiger partial charge in [0.1, 0.15) is 0 Å². The fourth-order valence-corrected chi connectivity index (χ4v) is 1.73. The molecule has 1 amide bonds. The van der Waals surface area contributed by atoms with E-state index >= 15 is 0 Å². The number of carboxylic acid groups (broad SMARTS) is 1. The Bertz CT molecular complexity index is 566. The average molecular weight is 254 g/mol. The van der Waals surface area contributed by atoms with E-state index in [1.165, 1.54) is 0 Å². The smallest absolute Gasteiger partial charge is 0.252 e. The molecular weight excluding hydrogens is 242 g/mol.